The molecule has 1 aliphatic rings. The molecule has 0 aliphatic carbocycles. The number of fused-ring (bicyclic) bond motifs is 1. The standard InChI is InChI=1S/C16H18N6O5/c1-21(16(23)24)15-18-17-13-6-5-11(19-22(13)15)12-8-10(20-27-12)9-26-14-4-2-3-7-25-14/h5-6,8,14H,2-4,7,9H2,1H3,(H,23,24). The van der Waals surface area contributed by atoms with Gasteiger partial charge in [-0.15, -0.1) is 10.2 Å². The molecule has 11 heteroatoms. The first kappa shape index (κ1) is 17.4. The van der Waals surface area contributed by atoms with Gasteiger partial charge in [0, 0.05) is 19.7 Å². The van der Waals surface area contributed by atoms with Crippen molar-refractivity contribution in [3.63, 3.8) is 0 Å². The Kier molecular flexibility index (Phi) is 4.69. The van der Waals surface area contributed by atoms with E-state index in [1.807, 2.05) is 0 Å². The molecule has 11 nitrogen and oxygen atoms in total. The maximum absolute atomic E-state index is 11.2. The van der Waals surface area contributed by atoms with Crippen LogP contribution in [0.1, 0.15) is 25.0 Å². The molecule has 3 aromatic heterocycles. The number of hydrogen-bond donors (Lipinski definition) is 1. The average molecular weight is 374 g/mol. The molecule has 0 aromatic carbocycles. The van der Waals surface area contributed by atoms with Crippen LogP contribution in [0.3, 0.4) is 0 Å². The third-order valence-electron chi connectivity index (χ3n) is 4.20. The summed E-state index contributed by atoms with van der Waals surface area (Å²) in [6.07, 6.45) is 1.64. The fourth-order valence-corrected chi connectivity index (χ4v) is 2.73. The van der Waals surface area contributed by atoms with E-state index >= 15 is 0 Å². The highest BCUT2D eigenvalue weighted by molar-refractivity contribution is 5.83. The molecule has 0 bridgehead atoms. The van der Waals surface area contributed by atoms with Crippen molar-refractivity contribution in [3.8, 4) is 11.5 Å². The summed E-state index contributed by atoms with van der Waals surface area (Å²) < 4.78 is 17.9. The van der Waals surface area contributed by atoms with Crippen molar-refractivity contribution in [2.24, 2.45) is 0 Å². The molecule has 3 aromatic rings. The van der Waals surface area contributed by atoms with Gasteiger partial charge in [-0.25, -0.2) is 9.69 Å². The Morgan fingerprint density at radius 1 is 1.41 bits per heavy atom. The quantitative estimate of drug-likeness (QED) is 0.712. The van der Waals surface area contributed by atoms with Crippen LogP contribution in [0.5, 0.6) is 0 Å². The van der Waals surface area contributed by atoms with Crippen molar-refractivity contribution >= 4 is 17.7 Å². The van der Waals surface area contributed by atoms with E-state index < -0.39 is 6.09 Å². The van der Waals surface area contributed by atoms with E-state index in [4.69, 9.17) is 19.1 Å². The van der Waals surface area contributed by atoms with Gasteiger partial charge in [-0.05, 0) is 31.4 Å². The second-order valence-corrected chi connectivity index (χ2v) is 6.12. The van der Waals surface area contributed by atoms with Gasteiger partial charge in [0.15, 0.2) is 17.7 Å². The van der Waals surface area contributed by atoms with Crippen molar-refractivity contribution < 1.29 is 23.9 Å². The summed E-state index contributed by atoms with van der Waals surface area (Å²) in [7, 11) is 1.37. The Morgan fingerprint density at radius 3 is 3.07 bits per heavy atom. The second kappa shape index (κ2) is 7.29. The number of rotatable bonds is 5. The number of aromatic nitrogens is 5. The normalized spacial score (nSPS) is 17.3. The Morgan fingerprint density at radius 2 is 2.30 bits per heavy atom. The highest BCUT2D eigenvalue weighted by Crippen LogP contribution is 2.21. The van der Waals surface area contributed by atoms with Crippen LogP contribution in [0.25, 0.3) is 17.1 Å². The van der Waals surface area contributed by atoms with Crippen LogP contribution in [0.4, 0.5) is 10.7 Å². The largest absolute Gasteiger partial charge is 0.465 e. The van der Waals surface area contributed by atoms with E-state index in [1.165, 1.54) is 11.6 Å². The molecule has 142 valence electrons. The van der Waals surface area contributed by atoms with Gasteiger partial charge >= 0.3 is 6.09 Å². The first-order valence-corrected chi connectivity index (χ1v) is 8.50. The Labute approximate surface area is 153 Å². The van der Waals surface area contributed by atoms with Crippen LogP contribution in [0, 0.1) is 0 Å². The van der Waals surface area contributed by atoms with Crippen molar-refractivity contribution in [1.82, 2.24) is 25.0 Å². The van der Waals surface area contributed by atoms with E-state index in [2.05, 4.69) is 20.5 Å². The van der Waals surface area contributed by atoms with Crippen molar-refractivity contribution in [2.75, 3.05) is 18.6 Å². The molecule has 0 radical (unpaired) electrons. The van der Waals surface area contributed by atoms with E-state index in [9.17, 15) is 4.79 Å². The highest BCUT2D eigenvalue weighted by Gasteiger charge is 2.19. The number of carboxylic acid groups (broad SMARTS) is 1. The third kappa shape index (κ3) is 3.59. The first-order valence-electron chi connectivity index (χ1n) is 8.50. The average Bonchev–Trinajstić information content (AvgIpc) is 3.33. The number of anilines is 1. The molecule has 1 N–H and O–H groups in total. The smallest absolute Gasteiger partial charge is 0.414 e. The summed E-state index contributed by atoms with van der Waals surface area (Å²) in [5.74, 6) is 0.509. The fourth-order valence-electron chi connectivity index (χ4n) is 2.73. The Bertz CT molecular complexity index is 948. The lowest BCUT2D eigenvalue weighted by Gasteiger charge is -2.21. The van der Waals surface area contributed by atoms with Gasteiger partial charge < -0.3 is 19.1 Å². The van der Waals surface area contributed by atoms with Gasteiger partial charge in [-0.1, -0.05) is 5.16 Å². The predicted octanol–water partition coefficient (Wildman–Crippen LogP) is 1.94. The van der Waals surface area contributed by atoms with Crippen LogP contribution in [0.15, 0.2) is 22.7 Å². The van der Waals surface area contributed by atoms with E-state index in [0.29, 0.717) is 29.4 Å². The topological polar surface area (TPSA) is 128 Å². The van der Waals surface area contributed by atoms with Gasteiger partial charge in [0.05, 0.1) is 6.61 Å². The predicted molar refractivity (Wildman–Crippen MR) is 91.1 cm³/mol. The van der Waals surface area contributed by atoms with Crippen molar-refractivity contribution in [2.45, 2.75) is 32.2 Å². The number of amides is 1. The molecular formula is C16H18N6O5. The number of hydrogen-bond acceptors (Lipinski definition) is 8. The molecule has 1 saturated heterocycles. The van der Waals surface area contributed by atoms with Gasteiger partial charge in [0.1, 0.15) is 11.4 Å². The summed E-state index contributed by atoms with van der Waals surface area (Å²) in [6.45, 7) is 0.987. The fraction of sp³-hybridized carbons (Fsp3) is 0.438. The SMILES string of the molecule is CN(C(=O)O)c1nnc2ccc(-c3cc(COC4CCCCO4)no3)nn12. The van der Waals surface area contributed by atoms with Crippen LogP contribution < -0.4 is 4.90 Å². The van der Waals surface area contributed by atoms with E-state index in [1.54, 1.807) is 18.2 Å². The zero-order valence-corrected chi connectivity index (χ0v) is 14.6. The Balaban J connectivity index is 1.53. The van der Waals surface area contributed by atoms with E-state index in [-0.39, 0.29) is 18.8 Å². The highest BCUT2D eigenvalue weighted by atomic mass is 16.7. The van der Waals surface area contributed by atoms with Gasteiger partial charge in [-0.3, -0.25) is 0 Å². The summed E-state index contributed by atoms with van der Waals surface area (Å²) >= 11 is 0. The molecule has 1 atom stereocenters. The lowest BCUT2D eigenvalue weighted by molar-refractivity contribution is -0.169. The van der Waals surface area contributed by atoms with Crippen LogP contribution in [-0.2, 0) is 16.1 Å². The molecule has 27 heavy (non-hydrogen) atoms. The maximum atomic E-state index is 11.2. The number of ether oxygens (including phenoxy) is 2. The molecule has 1 fully saturated rings. The molecule has 1 amide bonds. The second-order valence-electron chi connectivity index (χ2n) is 6.12. The lowest BCUT2D eigenvalue weighted by Crippen LogP contribution is -2.26. The summed E-state index contributed by atoms with van der Waals surface area (Å²) in [4.78, 5) is 12.1. The Hall–Kier alpha value is -3.05. The first-order chi connectivity index (χ1) is 13.1. The van der Waals surface area contributed by atoms with Crippen LogP contribution >= 0.6 is 0 Å². The minimum atomic E-state index is -1.17. The maximum Gasteiger partial charge on any atom is 0.414 e. The minimum absolute atomic E-state index is 0.0804. The third-order valence-corrected chi connectivity index (χ3v) is 4.20. The zero-order valence-electron chi connectivity index (χ0n) is 14.6. The molecule has 1 unspecified atom stereocenters. The number of nitrogens with zero attached hydrogens (tertiary/aromatic N) is 6. The van der Waals surface area contributed by atoms with Gasteiger partial charge in [0.2, 0.25) is 0 Å². The van der Waals surface area contributed by atoms with Crippen LogP contribution in [0.2, 0.25) is 0 Å². The lowest BCUT2D eigenvalue weighted by atomic mass is 10.2. The molecule has 4 rings (SSSR count). The van der Waals surface area contributed by atoms with Gasteiger partial charge in [0.25, 0.3) is 5.95 Å². The zero-order chi connectivity index (χ0) is 18.8. The summed E-state index contributed by atoms with van der Waals surface area (Å²) in [5.41, 5.74) is 1.50. The molecule has 1 aliphatic heterocycles. The molecule has 4 heterocycles. The van der Waals surface area contributed by atoms with Crippen molar-refractivity contribution in [3.05, 3.63) is 23.9 Å². The van der Waals surface area contributed by atoms with Crippen LogP contribution in [-0.4, -0.2) is 56.1 Å². The van der Waals surface area contributed by atoms with Gasteiger partial charge in [-0.2, -0.15) is 9.61 Å². The molecular weight excluding hydrogens is 356 g/mol. The summed E-state index contributed by atoms with van der Waals surface area (Å²) in [5, 5.41) is 25.2. The molecule has 0 saturated carbocycles. The van der Waals surface area contributed by atoms with E-state index in [0.717, 1.165) is 24.2 Å². The number of carbonyl (C=O) groups is 1. The summed E-state index contributed by atoms with van der Waals surface area (Å²) in [6, 6.07) is 5.09. The van der Waals surface area contributed by atoms with Crippen molar-refractivity contribution in [1.29, 1.82) is 0 Å². The molecule has 0 spiro atoms. The minimum Gasteiger partial charge on any atom is -0.465 e. The monoisotopic (exact) mass is 374 g/mol.